The van der Waals surface area contributed by atoms with E-state index in [0.717, 1.165) is 5.57 Å². The number of allylic oxidation sites excluding steroid dienone is 2. The largest absolute Gasteiger partial charge is 0.404 e. The van der Waals surface area contributed by atoms with E-state index in [-0.39, 0.29) is 6.54 Å². The van der Waals surface area contributed by atoms with Crippen molar-refractivity contribution in [2.75, 3.05) is 6.54 Å². The van der Waals surface area contributed by atoms with Gasteiger partial charge in [0.1, 0.15) is 6.54 Å². The number of hydrogen-bond acceptors (Lipinski definition) is 3. The molecule has 0 aliphatic carbocycles. The van der Waals surface area contributed by atoms with Crippen molar-refractivity contribution in [1.82, 2.24) is 0 Å². The van der Waals surface area contributed by atoms with Gasteiger partial charge in [-0.3, -0.25) is 4.99 Å². The highest BCUT2D eigenvalue weighted by Gasteiger charge is 1.79. The van der Waals surface area contributed by atoms with Gasteiger partial charge in [0.25, 0.3) is 0 Å². The van der Waals surface area contributed by atoms with E-state index in [1.54, 1.807) is 6.08 Å². The van der Waals surface area contributed by atoms with E-state index >= 15 is 0 Å². The molecule has 0 aliphatic heterocycles. The van der Waals surface area contributed by atoms with Crippen LogP contribution in [0.5, 0.6) is 0 Å². The maximum atomic E-state index is 8.08. The Hall–Kier alpha value is -1.56. The van der Waals surface area contributed by atoms with Gasteiger partial charge in [0.2, 0.25) is 0 Å². The number of aliphatic imine (C=N–C) groups is 1. The fraction of sp³-hybridized carbons (Fsp3) is 0.143. The Labute approximate surface area is 60.2 Å². The lowest BCUT2D eigenvalue weighted by Crippen LogP contribution is -1.87. The van der Waals surface area contributed by atoms with E-state index in [1.807, 2.05) is 6.07 Å². The summed E-state index contributed by atoms with van der Waals surface area (Å²) in [5, 5.41) is 8.08. The maximum Gasteiger partial charge on any atom is 0.126 e. The van der Waals surface area contributed by atoms with Gasteiger partial charge >= 0.3 is 0 Å². The van der Waals surface area contributed by atoms with Gasteiger partial charge in [-0.25, -0.2) is 0 Å². The number of nitrogens with two attached hydrogens (primary N) is 1. The molecule has 0 fully saturated rings. The van der Waals surface area contributed by atoms with Crippen LogP contribution in [0.2, 0.25) is 0 Å². The van der Waals surface area contributed by atoms with Crippen LogP contribution in [0.15, 0.2) is 29.4 Å². The van der Waals surface area contributed by atoms with Gasteiger partial charge in [0.05, 0.1) is 6.07 Å². The minimum Gasteiger partial charge on any atom is -0.404 e. The molecule has 0 atom stereocenters. The smallest absolute Gasteiger partial charge is 0.126 e. The van der Waals surface area contributed by atoms with Gasteiger partial charge in [-0.05, 0) is 0 Å². The van der Waals surface area contributed by atoms with E-state index in [9.17, 15) is 0 Å². The summed E-state index contributed by atoms with van der Waals surface area (Å²) in [5.74, 6) is 0. The van der Waals surface area contributed by atoms with Crippen LogP contribution in [-0.4, -0.2) is 12.8 Å². The fourth-order valence-corrected chi connectivity index (χ4v) is 0.356. The lowest BCUT2D eigenvalue weighted by atomic mass is 10.3. The van der Waals surface area contributed by atoms with Gasteiger partial charge in [0.15, 0.2) is 0 Å². The molecule has 0 saturated carbocycles. The molecule has 0 aromatic carbocycles. The molecule has 3 nitrogen and oxygen atoms in total. The molecule has 52 valence electrons. The summed E-state index contributed by atoms with van der Waals surface area (Å²) < 4.78 is 0. The van der Waals surface area contributed by atoms with Gasteiger partial charge < -0.3 is 5.73 Å². The van der Waals surface area contributed by atoms with E-state index < -0.39 is 0 Å². The third kappa shape index (κ3) is 3.44. The highest BCUT2D eigenvalue weighted by Crippen LogP contribution is 1.86. The van der Waals surface area contributed by atoms with Gasteiger partial charge in [-0.15, -0.1) is 0 Å². The van der Waals surface area contributed by atoms with Crippen molar-refractivity contribution in [2.24, 2.45) is 10.7 Å². The Balaban J connectivity index is 3.88. The van der Waals surface area contributed by atoms with E-state index in [1.165, 1.54) is 12.4 Å². The third-order valence-corrected chi connectivity index (χ3v) is 0.831. The highest BCUT2D eigenvalue weighted by molar-refractivity contribution is 5.81. The molecule has 0 aliphatic rings. The molecule has 0 heterocycles. The first-order valence-electron chi connectivity index (χ1n) is 2.76. The molecule has 0 amide bonds. The molecule has 0 saturated heterocycles. The summed E-state index contributed by atoms with van der Waals surface area (Å²) in [6.45, 7) is 3.65. The Morgan fingerprint density at radius 3 is 2.90 bits per heavy atom. The normalized spacial score (nSPS) is 11.3. The molecule has 0 bridgehead atoms. The predicted octanol–water partition coefficient (Wildman–Crippen LogP) is 0.609. The van der Waals surface area contributed by atoms with E-state index in [4.69, 9.17) is 11.0 Å². The lowest BCUT2D eigenvalue weighted by molar-refractivity contribution is 1.25. The quantitative estimate of drug-likeness (QED) is 0.350. The first-order valence-corrected chi connectivity index (χ1v) is 2.76. The summed E-state index contributed by atoms with van der Waals surface area (Å²) in [4.78, 5) is 3.73. The summed E-state index contributed by atoms with van der Waals surface area (Å²) in [5.41, 5.74) is 5.88. The molecule has 10 heavy (non-hydrogen) atoms. The second-order valence-corrected chi connectivity index (χ2v) is 1.50. The highest BCUT2D eigenvalue weighted by atomic mass is 14.7. The van der Waals surface area contributed by atoms with Crippen molar-refractivity contribution in [3.05, 3.63) is 24.4 Å². The zero-order valence-corrected chi connectivity index (χ0v) is 5.62. The number of nitriles is 1. The fourth-order valence-electron chi connectivity index (χ4n) is 0.356. The van der Waals surface area contributed by atoms with Crippen LogP contribution in [0.25, 0.3) is 0 Å². The second-order valence-electron chi connectivity index (χ2n) is 1.50. The summed E-state index contributed by atoms with van der Waals surface area (Å²) in [7, 11) is 0. The topological polar surface area (TPSA) is 62.2 Å². The molecule has 0 aromatic heterocycles. The standard InChI is InChI=1S/C7H9N3/c1-2-7(5-9)6-10-4-3-8/h2,5-6H,1,4,9H2. The van der Waals surface area contributed by atoms with Crippen LogP contribution in [0.1, 0.15) is 0 Å². The van der Waals surface area contributed by atoms with E-state index in [0.29, 0.717) is 0 Å². The van der Waals surface area contributed by atoms with Crippen molar-refractivity contribution in [1.29, 1.82) is 5.26 Å². The van der Waals surface area contributed by atoms with E-state index in [2.05, 4.69) is 11.6 Å². The van der Waals surface area contributed by atoms with Crippen LogP contribution in [0, 0.1) is 11.3 Å². The summed E-state index contributed by atoms with van der Waals surface area (Å²) in [6.07, 6.45) is 4.46. The van der Waals surface area contributed by atoms with Crippen LogP contribution < -0.4 is 5.73 Å². The van der Waals surface area contributed by atoms with Gasteiger partial charge in [-0.2, -0.15) is 5.26 Å². The minimum atomic E-state index is 0.158. The first kappa shape index (κ1) is 8.44. The predicted molar refractivity (Wildman–Crippen MR) is 41.4 cm³/mol. The molecular weight excluding hydrogens is 126 g/mol. The third-order valence-electron chi connectivity index (χ3n) is 0.831. The zero-order valence-electron chi connectivity index (χ0n) is 5.62. The second kappa shape index (κ2) is 5.57. The van der Waals surface area contributed by atoms with Crippen LogP contribution in [0.4, 0.5) is 0 Å². The van der Waals surface area contributed by atoms with Crippen LogP contribution in [0.3, 0.4) is 0 Å². The van der Waals surface area contributed by atoms with Crippen LogP contribution in [-0.2, 0) is 0 Å². The molecule has 0 aromatic rings. The molecular formula is C7H9N3. The Bertz CT molecular complexity index is 195. The van der Waals surface area contributed by atoms with Crippen molar-refractivity contribution >= 4 is 6.21 Å². The molecule has 0 unspecified atom stereocenters. The van der Waals surface area contributed by atoms with Crippen molar-refractivity contribution in [3.63, 3.8) is 0 Å². The lowest BCUT2D eigenvalue weighted by Gasteiger charge is -1.85. The Morgan fingerprint density at radius 1 is 1.80 bits per heavy atom. The average molecular weight is 135 g/mol. The van der Waals surface area contributed by atoms with Gasteiger partial charge in [-0.1, -0.05) is 12.7 Å². The monoisotopic (exact) mass is 135 g/mol. The first-order chi connectivity index (χ1) is 4.85. The molecule has 0 rings (SSSR count). The van der Waals surface area contributed by atoms with Gasteiger partial charge in [0, 0.05) is 18.0 Å². The summed E-state index contributed by atoms with van der Waals surface area (Å²) >= 11 is 0. The SMILES string of the molecule is C=CC(C=NCC#N)=CN. The number of hydrogen-bond donors (Lipinski definition) is 1. The maximum absolute atomic E-state index is 8.08. The van der Waals surface area contributed by atoms with Crippen LogP contribution >= 0.6 is 0 Å². The average Bonchev–Trinajstić information content (AvgIpc) is 1.99. The summed E-state index contributed by atoms with van der Waals surface area (Å²) in [6, 6.07) is 1.87. The Kier molecular flexibility index (Phi) is 4.70. The van der Waals surface area contributed by atoms with Crippen molar-refractivity contribution in [3.8, 4) is 6.07 Å². The van der Waals surface area contributed by atoms with Crippen molar-refractivity contribution < 1.29 is 0 Å². The molecule has 3 heteroatoms. The molecule has 2 N–H and O–H groups in total. The Morgan fingerprint density at radius 2 is 2.50 bits per heavy atom. The number of nitrogens with zero attached hydrogens (tertiary/aromatic N) is 2. The molecule has 0 spiro atoms. The number of rotatable bonds is 3. The zero-order chi connectivity index (χ0) is 7.82. The minimum absolute atomic E-state index is 0.158. The molecule has 0 radical (unpaired) electrons. The van der Waals surface area contributed by atoms with Crippen molar-refractivity contribution in [2.45, 2.75) is 0 Å².